The van der Waals surface area contributed by atoms with Crippen molar-refractivity contribution < 1.29 is 0 Å². The molecule has 2 rings (SSSR count). The van der Waals surface area contributed by atoms with E-state index in [1.165, 1.54) is 0 Å². The standard InChI is InChI=1S/C19H16N4/c1-2-19(22-13-17-9-5-3-7-15(17)11-20)23-14-18-10-6-4-8-16(18)12-21/h3-10,13-14,19H,2H2,1H3/b22-13-,23-14+. The molecular weight excluding hydrogens is 284 g/mol. The molecule has 0 aromatic heterocycles. The molecule has 0 aliphatic heterocycles. The fraction of sp³-hybridized carbons (Fsp3) is 0.158. The molecule has 0 fully saturated rings. The minimum atomic E-state index is -0.242. The minimum absolute atomic E-state index is 0.242. The lowest BCUT2D eigenvalue weighted by atomic mass is 10.1. The number of hydrogen-bond acceptors (Lipinski definition) is 4. The van der Waals surface area contributed by atoms with Gasteiger partial charge in [-0.1, -0.05) is 43.3 Å². The number of hydrogen-bond donors (Lipinski definition) is 0. The largest absolute Gasteiger partial charge is 0.266 e. The van der Waals surface area contributed by atoms with Crippen molar-refractivity contribution in [1.29, 1.82) is 10.5 Å². The summed E-state index contributed by atoms with van der Waals surface area (Å²) in [7, 11) is 0. The van der Waals surface area contributed by atoms with Crippen molar-refractivity contribution in [1.82, 2.24) is 0 Å². The highest BCUT2D eigenvalue weighted by atomic mass is 15.0. The first kappa shape index (κ1) is 16.1. The van der Waals surface area contributed by atoms with Crippen LogP contribution in [0.3, 0.4) is 0 Å². The highest BCUT2D eigenvalue weighted by Crippen LogP contribution is 2.08. The molecule has 0 spiro atoms. The van der Waals surface area contributed by atoms with E-state index in [2.05, 4.69) is 22.1 Å². The third-order valence-corrected chi connectivity index (χ3v) is 3.30. The zero-order chi connectivity index (χ0) is 16.5. The predicted octanol–water partition coefficient (Wildman–Crippen LogP) is 3.70. The summed E-state index contributed by atoms with van der Waals surface area (Å²) >= 11 is 0. The van der Waals surface area contributed by atoms with Gasteiger partial charge in [-0.2, -0.15) is 10.5 Å². The Balaban J connectivity index is 2.18. The summed E-state index contributed by atoms with van der Waals surface area (Å²) in [6, 6.07) is 18.9. The highest BCUT2D eigenvalue weighted by molar-refractivity contribution is 5.84. The Hall–Kier alpha value is -3.24. The van der Waals surface area contributed by atoms with Crippen LogP contribution in [0, 0.1) is 22.7 Å². The molecule has 4 heteroatoms. The molecule has 0 saturated carbocycles. The Morgan fingerprint density at radius 1 is 0.870 bits per heavy atom. The first-order valence-electron chi connectivity index (χ1n) is 7.33. The summed E-state index contributed by atoms with van der Waals surface area (Å²) < 4.78 is 0. The van der Waals surface area contributed by atoms with Gasteiger partial charge in [-0.05, 0) is 18.6 Å². The molecule has 2 aromatic carbocycles. The van der Waals surface area contributed by atoms with Crippen molar-refractivity contribution in [2.24, 2.45) is 9.98 Å². The molecule has 0 N–H and O–H groups in total. The van der Waals surface area contributed by atoms with Crippen LogP contribution in [0.5, 0.6) is 0 Å². The number of rotatable bonds is 5. The predicted molar refractivity (Wildman–Crippen MR) is 91.6 cm³/mol. The lowest BCUT2D eigenvalue weighted by Crippen LogP contribution is -2.01. The second-order valence-corrected chi connectivity index (χ2v) is 4.84. The molecule has 0 aliphatic rings. The van der Waals surface area contributed by atoms with Crippen molar-refractivity contribution in [3.05, 3.63) is 70.8 Å². The van der Waals surface area contributed by atoms with Crippen LogP contribution in [0.1, 0.15) is 35.6 Å². The fourth-order valence-electron chi connectivity index (χ4n) is 2.00. The second-order valence-electron chi connectivity index (χ2n) is 4.84. The molecule has 0 amide bonds. The molecule has 0 saturated heterocycles. The van der Waals surface area contributed by atoms with Crippen LogP contribution in [-0.4, -0.2) is 18.6 Å². The lowest BCUT2D eigenvalue weighted by Gasteiger charge is -2.04. The first-order chi connectivity index (χ1) is 11.3. The minimum Gasteiger partial charge on any atom is -0.266 e. The highest BCUT2D eigenvalue weighted by Gasteiger charge is 2.02. The van der Waals surface area contributed by atoms with Gasteiger partial charge in [-0.3, -0.25) is 9.98 Å². The normalized spacial score (nSPS) is 12.1. The molecule has 0 heterocycles. The third-order valence-electron chi connectivity index (χ3n) is 3.30. The molecule has 1 unspecified atom stereocenters. The Morgan fingerprint density at radius 3 is 1.70 bits per heavy atom. The average Bonchev–Trinajstić information content (AvgIpc) is 2.62. The molecule has 0 bridgehead atoms. The van der Waals surface area contributed by atoms with E-state index < -0.39 is 0 Å². The topological polar surface area (TPSA) is 72.3 Å². The smallest absolute Gasteiger partial charge is 0.139 e. The summed E-state index contributed by atoms with van der Waals surface area (Å²) in [5.41, 5.74) is 2.73. The molecule has 1 atom stereocenters. The maximum Gasteiger partial charge on any atom is 0.139 e. The molecule has 0 radical (unpaired) electrons. The maximum atomic E-state index is 9.08. The molecular formula is C19H16N4. The second kappa shape index (κ2) is 8.26. The van der Waals surface area contributed by atoms with Crippen molar-refractivity contribution in [2.45, 2.75) is 19.5 Å². The van der Waals surface area contributed by atoms with Gasteiger partial charge in [-0.25, -0.2) is 0 Å². The summed E-state index contributed by atoms with van der Waals surface area (Å²) in [6.45, 7) is 1.99. The summed E-state index contributed by atoms with van der Waals surface area (Å²) in [6.07, 6.45) is 3.85. The van der Waals surface area contributed by atoms with Crippen molar-refractivity contribution in [3.8, 4) is 12.1 Å². The number of nitrogens with zero attached hydrogens (tertiary/aromatic N) is 4. The SMILES string of the molecule is CCC(/N=C\c1ccccc1C#N)/N=C/c1ccccc1C#N. The molecule has 2 aromatic rings. The average molecular weight is 300 g/mol. The Bertz CT molecular complexity index is 739. The van der Waals surface area contributed by atoms with Crippen molar-refractivity contribution >= 4 is 12.4 Å². The third kappa shape index (κ3) is 4.36. The van der Waals surface area contributed by atoms with Gasteiger partial charge in [0.1, 0.15) is 6.17 Å². The van der Waals surface area contributed by atoms with Crippen molar-refractivity contribution in [2.75, 3.05) is 0 Å². The van der Waals surface area contributed by atoms with Crippen LogP contribution in [0.15, 0.2) is 58.5 Å². The summed E-state index contributed by atoms with van der Waals surface area (Å²) in [4.78, 5) is 8.87. The van der Waals surface area contributed by atoms with Crippen LogP contribution >= 0.6 is 0 Å². The van der Waals surface area contributed by atoms with E-state index in [1.54, 1.807) is 24.6 Å². The first-order valence-corrected chi connectivity index (χ1v) is 7.33. The molecule has 112 valence electrons. The maximum absolute atomic E-state index is 9.08. The molecule has 0 aliphatic carbocycles. The van der Waals surface area contributed by atoms with Gasteiger partial charge in [0.15, 0.2) is 0 Å². The van der Waals surface area contributed by atoms with E-state index in [4.69, 9.17) is 10.5 Å². The van der Waals surface area contributed by atoms with E-state index in [0.29, 0.717) is 11.1 Å². The van der Waals surface area contributed by atoms with Gasteiger partial charge in [0.2, 0.25) is 0 Å². The van der Waals surface area contributed by atoms with E-state index in [9.17, 15) is 0 Å². The number of aliphatic imine (C=N–C) groups is 2. The Labute approximate surface area is 136 Å². The van der Waals surface area contributed by atoms with Gasteiger partial charge < -0.3 is 0 Å². The quantitative estimate of drug-likeness (QED) is 0.790. The molecule has 23 heavy (non-hydrogen) atoms. The van der Waals surface area contributed by atoms with Crippen molar-refractivity contribution in [3.63, 3.8) is 0 Å². The van der Waals surface area contributed by atoms with Gasteiger partial charge in [0, 0.05) is 23.6 Å². The van der Waals surface area contributed by atoms with Gasteiger partial charge in [-0.15, -0.1) is 0 Å². The fourth-order valence-corrected chi connectivity index (χ4v) is 2.00. The molecule has 4 nitrogen and oxygen atoms in total. The van der Waals surface area contributed by atoms with Crippen LogP contribution in [-0.2, 0) is 0 Å². The monoisotopic (exact) mass is 300 g/mol. The number of nitriles is 2. The van der Waals surface area contributed by atoms with Gasteiger partial charge in [0.05, 0.1) is 23.3 Å². The van der Waals surface area contributed by atoms with E-state index >= 15 is 0 Å². The van der Waals surface area contributed by atoms with Crippen LogP contribution in [0.25, 0.3) is 0 Å². The van der Waals surface area contributed by atoms with Crippen LogP contribution < -0.4 is 0 Å². The van der Waals surface area contributed by atoms with Crippen LogP contribution in [0.4, 0.5) is 0 Å². The zero-order valence-electron chi connectivity index (χ0n) is 12.8. The van der Waals surface area contributed by atoms with E-state index in [-0.39, 0.29) is 6.17 Å². The van der Waals surface area contributed by atoms with Gasteiger partial charge in [0.25, 0.3) is 0 Å². The zero-order valence-corrected chi connectivity index (χ0v) is 12.8. The number of benzene rings is 2. The van der Waals surface area contributed by atoms with Gasteiger partial charge >= 0.3 is 0 Å². The summed E-state index contributed by atoms with van der Waals surface area (Å²) in [5, 5.41) is 18.2. The Kier molecular flexibility index (Phi) is 5.80. The Morgan fingerprint density at radius 2 is 1.30 bits per heavy atom. The summed E-state index contributed by atoms with van der Waals surface area (Å²) in [5.74, 6) is 0. The van der Waals surface area contributed by atoms with E-state index in [1.807, 2.05) is 43.3 Å². The lowest BCUT2D eigenvalue weighted by molar-refractivity contribution is 0.693. The van der Waals surface area contributed by atoms with Crippen LogP contribution in [0.2, 0.25) is 0 Å². The van der Waals surface area contributed by atoms with E-state index in [0.717, 1.165) is 17.5 Å².